The summed E-state index contributed by atoms with van der Waals surface area (Å²) in [6.45, 7) is 0. The summed E-state index contributed by atoms with van der Waals surface area (Å²) in [7, 11) is 0. The predicted octanol–water partition coefficient (Wildman–Crippen LogP) is 1.70. The lowest BCUT2D eigenvalue weighted by molar-refractivity contribution is 1.11. The fourth-order valence-electron chi connectivity index (χ4n) is 0.353. The molecule has 38 valence electrons. The van der Waals surface area contributed by atoms with Gasteiger partial charge in [0.25, 0.3) is 0 Å². The second-order valence-electron chi connectivity index (χ2n) is 1.65. The van der Waals surface area contributed by atoms with E-state index >= 15 is 0 Å². The monoisotopic (exact) mass is 135 g/mol. The molecule has 0 spiro atoms. The molecule has 3 heteroatoms. The van der Waals surface area contributed by atoms with Crippen molar-refractivity contribution >= 4 is 23.2 Å². The topological polar surface area (TPSA) is 23.8 Å². The van der Waals surface area contributed by atoms with E-state index in [0.29, 0.717) is 6.42 Å². The Morgan fingerprint density at radius 3 is 2.14 bits per heavy atom. The Labute approximate surface area is 51.8 Å². The number of hydrogen-bond donors (Lipinski definition) is 0. The highest BCUT2D eigenvalue weighted by atomic mass is 35.5. The number of alkyl halides is 2. The Balaban J connectivity index is 2.49. The lowest BCUT2D eigenvalue weighted by Crippen LogP contribution is -1.84. The third-order valence-corrected chi connectivity index (χ3v) is 1.82. The Bertz CT molecular complexity index is 124. The van der Waals surface area contributed by atoms with E-state index in [1.54, 1.807) is 0 Å². The smallest absolute Gasteiger partial charge is 0.135 e. The molecule has 0 aromatic heterocycles. The maximum absolute atomic E-state index is 8.12. The summed E-state index contributed by atoms with van der Waals surface area (Å²) in [5.41, 5.74) is 0. The first-order chi connectivity index (χ1) is 3.17. The van der Waals surface area contributed by atoms with E-state index in [9.17, 15) is 0 Å². The molecule has 1 aliphatic carbocycles. The number of nitriles is 1. The summed E-state index contributed by atoms with van der Waals surface area (Å²) < 4.78 is -0.700. The van der Waals surface area contributed by atoms with Crippen LogP contribution in [-0.2, 0) is 0 Å². The average Bonchev–Trinajstić information content (AvgIpc) is 2.13. The van der Waals surface area contributed by atoms with Crippen molar-refractivity contribution in [3.8, 4) is 6.07 Å². The van der Waals surface area contributed by atoms with Gasteiger partial charge >= 0.3 is 0 Å². The second-order valence-corrected chi connectivity index (χ2v) is 3.19. The standard InChI is InChI=1S/C4H3Cl2N/c5-4(6)1-3(4)2-7/h3H,1H2/t3-/m1/s1. The van der Waals surface area contributed by atoms with Crippen LogP contribution < -0.4 is 0 Å². The van der Waals surface area contributed by atoms with Crippen molar-refractivity contribution in [2.45, 2.75) is 10.8 Å². The number of halogens is 2. The fourth-order valence-corrected chi connectivity index (χ4v) is 0.760. The van der Waals surface area contributed by atoms with E-state index in [4.69, 9.17) is 28.5 Å². The van der Waals surface area contributed by atoms with E-state index in [0.717, 1.165) is 0 Å². The maximum atomic E-state index is 8.12. The van der Waals surface area contributed by atoms with Gasteiger partial charge in [0.1, 0.15) is 4.33 Å². The van der Waals surface area contributed by atoms with Gasteiger partial charge in [0.15, 0.2) is 0 Å². The van der Waals surface area contributed by atoms with E-state index in [1.807, 2.05) is 6.07 Å². The van der Waals surface area contributed by atoms with Crippen molar-refractivity contribution < 1.29 is 0 Å². The molecular weight excluding hydrogens is 133 g/mol. The Kier molecular flexibility index (Phi) is 0.948. The van der Waals surface area contributed by atoms with Gasteiger partial charge in [-0.2, -0.15) is 5.26 Å². The lowest BCUT2D eigenvalue weighted by atomic mass is 10.5. The molecule has 0 N–H and O–H groups in total. The summed E-state index contributed by atoms with van der Waals surface area (Å²) in [6.07, 6.45) is 0.632. The van der Waals surface area contributed by atoms with Crippen LogP contribution >= 0.6 is 23.2 Å². The molecule has 0 bridgehead atoms. The molecule has 1 fully saturated rings. The predicted molar refractivity (Wildman–Crippen MR) is 28.2 cm³/mol. The molecule has 1 nitrogen and oxygen atoms in total. The van der Waals surface area contributed by atoms with Crippen molar-refractivity contribution in [2.75, 3.05) is 0 Å². The Morgan fingerprint density at radius 2 is 2.14 bits per heavy atom. The zero-order valence-electron chi connectivity index (χ0n) is 3.49. The molecule has 7 heavy (non-hydrogen) atoms. The van der Waals surface area contributed by atoms with Gasteiger partial charge in [-0.3, -0.25) is 0 Å². The number of hydrogen-bond acceptors (Lipinski definition) is 1. The molecule has 0 aliphatic heterocycles. The second kappa shape index (κ2) is 1.27. The first kappa shape index (κ1) is 5.21. The van der Waals surface area contributed by atoms with Crippen LogP contribution in [0.15, 0.2) is 0 Å². The first-order valence-corrected chi connectivity index (χ1v) is 2.70. The van der Waals surface area contributed by atoms with Crippen LogP contribution in [0.2, 0.25) is 0 Å². The number of nitrogens with zero attached hydrogens (tertiary/aromatic N) is 1. The van der Waals surface area contributed by atoms with E-state index in [2.05, 4.69) is 0 Å². The van der Waals surface area contributed by atoms with E-state index in [1.165, 1.54) is 0 Å². The number of rotatable bonds is 0. The minimum absolute atomic E-state index is 0.115. The van der Waals surface area contributed by atoms with Gasteiger partial charge in [-0.1, -0.05) is 0 Å². The summed E-state index contributed by atoms with van der Waals surface area (Å²) in [5, 5.41) is 8.12. The van der Waals surface area contributed by atoms with Gasteiger partial charge in [0.2, 0.25) is 0 Å². The SMILES string of the molecule is N#C[C@H]1CC1(Cl)Cl. The molecule has 1 saturated carbocycles. The molecule has 0 saturated heterocycles. The minimum Gasteiger partial charge on any atom is -0.198 e. The molecular formula is C4H3Cl2N. The highest BCUT2D eigenvalue weighted by Crippen LogP contribution is 2.52. The maximum Gasteiger partial charge on any atom is 0.135 e. The third-order valence-electron chi connectivity index (χ3n) is 0.982. The summed E-state index contributed by atoms with van der Waals surface area (Å²) in [6, 6.07) is 1.97. The van der Waals surface area contributed by atoms with Gasteiger partial charge in [-0.15, -0.1) is 23.2 Å². The van der Waals surface area contributed by atoms with Crippen molar-refractivity contribution in [2.24, 2.45) is 5.92 Å². The van der Waals surface area contributed by atoms with Crippen LogP contribution in [0.1, 0.15) is 6.42 Å². The first-order valence-electron chi connectivity index (χ1n) is 1.94. The van der Waals surface area contributed by atoms with E-state index < -0.39 is 4.33 Å². The largest absolute Gasteiger partial charge is 0.198 e. The van der Waals surface area contributed by atoms with Crippen LogP contribution in [0.4, 0.5) is 0 Å². The molecule has 0 aromatic carbocycles. The average molecular weight is 136 g/mol. The molecule has 1 atom stereocenters. The zero-order valence-corrected chi connectivity index (χ0v) is 5.00. The Hall–Kier alpha value is 0.0700. The van der Waals surface area contributed by atoms with Crippen molar-refractivity contribution in [3.05, 3.63) is 0 Å². The molecule has 1 aliphatic rings. The van der Waals surface area contributed by atoms with Crippen LogP contribution in [0.25, 0.3) is 0 Å². The molecule has 1 rings (SSSR count). The molecule has 0 radical (unpaired) electrons. The minimum atomic E-state index is -0.700. The van der Waals surface area contributed by atoms with Crippen LogP contribution in [0.5, 0.6) is 0 Å². The van der Waals surface area contributed by atoms with Gasteiger partial charge in [-0.05, 0) is 0 Å². The fraction of sp³-hybridized carbons (Fsp3) is 0.750. The normalized spacial score (nSPS) is 34.1. The van der Waals surface area contributed by atoms with Crippen LogP contribution in [-0.4, -0.2) is 4.33 Å². The van der Waals surface area contributed by atoms with Crippen LogP contribution in [0.3, 0.4) is 0 Å². The van der Waals surface area contributed by atoms with Crippen molar-refractivity contribution in [1.82, 2.24) is 0 Å². The molecule has 0 amide bonds. The van der Waals surface area contributed by atoms with Gasteiger partial charge in [-0.25, -0.2) is 0 Å². The van der Waals surface area contributed by atoms with E-state index in [-0.39, 0.29) is 5.92 Å². The zero-order chi connectivity index (χ0) is 5.49. The molecule has 0 aromatic rings. The lowest BCUT2D eigenvalue weighted by Gasteiger charge is -1.83. The van der Waals surface area contributed by atoms with Crippen molar-refractivity contribution in [3.63, 3.8) is 0 Å². The van der Waals surface area contributed by atoms with Gasteiger partial charge < -0.3 is 0 Å². The quantitative estimate of drug-likeness (QED) is 0.465. The third kappa shape index (κ3) is 0.821. The van der Waals surface area contributed by atoms with Crippen LogP contribution in [0, 0.1) is 17.2 Å². The summed E-state index contributed by atoms with van der Waals surface area (Å²) in [5.74, 6) is -0.115. The van der Waals surface area contributed by atoms with Gasteiger partial charge in [0.05, 0.1) is 12.0 Å². The highest BCUT2D eigenvalue weighted by Gasteiger charge is 2.52. The summed E-state index contributed by atoms with van der Waals surface area (Å²) in [4.78, 5) is 0. The highest BCUT2D eigenvalue weighted by molar-refractivity contribution is 6.51. The Morgan fingerprint density at radius 1 is 1.71 bits per heavy atom. The summed E-state index contributed by atoms with van der Waals surface area (Å²) >= 11 is 10.9. The molecule has 0 unspecified atom stereocenters. The molecule has 0 heterocycles. The van der Waals surface area contributed by atoms with Crippen molar-refractivity contribution in [1.29, 1.82) is 5.26 Å². The van der Waals surface area contributed by atoms with Gasteiger partial charge in [0, 0.05) is 6.42 Å².